The van der Waals surface area contributed by atoms with Crippen LogP contribution in [0.4, 0.5) is 0 Å². The van der Waals surface area contributed by atoms with Crippen molar-refractivity contribution in [2.45, 2.75) is 32.3 Å². The SMILES string of the molecule is CC(C)(O)C(=O)CCc1c(O)n(-c2ccccc2)n(-c2ccccc2)c1=O. The van der Waals surface area contributed by atoms with E-state index in [1.54, 1.807) is 36.4 Å². The largest absolute Gasteiger partial charge is 0.493 e. The Hall–Kier alpha value is -3.12. The molecule has 0 unspecified atom stereocenters. The summed E-state index contributed by atoms with van der Waals surface area (Å²) in [6.07, 6.45) is 0.0000494. The summed E-state index contributed by atoms with van der Waals surface area (Å²) in [7, 11) is 0. The Kier molecular flexibility index (Phi) is 5.01. The molecule has 0 spiro atoms. The van der Waals surface area contributed by atoms with E-state index in [9.17, 15) is 19.8 Å². The van der Waals surface area contributed by atoms with Gasteiger partial charge < -0.3 is 10.2 Å². The molecule has 3 aromatic rings. The molecule has 6 heteroatoms. The Labute approximate surface area is 156 Å². The van der Waals surface area contributed by atoms with Gasteiger partial charge in [-0.15, -0.1) is 0 Å². The highest BCUT2D eigenvalue weighted by Gasteiger charge is 2.26. The van der Waals surface area contributed by atoms with Crippen molar-refractivity contribution in [3.63, 3.8) is 0 Å². The van der Waals surface area contributed by atoms with Crippen molar-refractivity contribution >= 4 is 5.78 Å². The minimum absolute atomic E-state index is 0.0418. The first-order valence-electron chi connectivity index (χ1n) is 8.73. The van der Waals surface area contributed by atoms with Crippen LogP contribution in [0.5, 0.6) is 5.88 Å². The highest BCUT2D eigenvalue weighted by Crippen LogP contribution is 2.24. The molecular formula is C21H22N2O4. The van der Waals surface area contributed by atoms with Gasteiger partial charge in [0.05, 0.1) is 16.9 Å². The van der Waals surface area contributed by atoms with Gasteiger partial charge in [0.15, 0.2) is 5.78 Å². The predicted molar refractivity (Wildman–Crippen MR) is 103 cm³/mol. The summed E-state index contributed by atoms with van der Waals surface area (Å²) < 4.78 is 2.82. The number of carbonyl (C=O) groups is 1. The topological polar surface area (TPSA) is 84.5 Å². The van der Waals surface area contributed by atoms with E-state index in [4.69, 9.17) is 0 Å². The standard InChI is InChI=1S/C21H22N2O4/c1-21(2,27)18(24)14-13-17-19(25)22(15-9-5-3-6-10-15)23(20(17)26)16-11-7-4-8-12-16/h3-12,25,27H,13-14H2,1-2H3. The van der Waals surface area contributed by atoms with Crippen molar-refractivity contribution in [3.05, 3.63) is 76.6 Å². The molecule has 0 radical (unpaired) electrons. The molecule has 0 bridgehead atoms. The van der Waals surface area contributed by atoms with Gasteiger partial charge in [0.2, 0.25) is 5.88 Å². The van der Waals surface area contributed by atoms with Crippen LogP contribution in [0.3, 0.4) is 0 Å². The van der Waals surface area contributed by atoms with Crippen LogP contribution < -0.4 is 5.56 Å². The summed E-state index contributed by atoms with van der Waals surface area (Å²) in [6, 6.07) is 18.0. The fraction of sp³-hybridized carbons (Fsp3) is 0.238. The van der Waals surface area contributed by atoms with Crippen LogP contribution in [0.1, 0.15) is 25.8 Å². The summed E-state index contributed by atoms with van der Waals surface area (Å²) >= 11 is 0. The minimum Gasteiger partial charge on any atom is -0.493 e. The highest BCUT2D eigenvalue weighted by atomic mass is 16.3. The van der Waals surface area contributed by atoms with E-state index in [1.807, 2.05) is 24.3 Å². The molecule has 0 fully saturated rings. The highest BCUT2D eigenvalue weighted by molar-refractivity contribution is 5.86. The van der Waals surface area contributed by atoms with Crippen molar-refractivity contribution in [1.82, 2.24) is 9.36 Å². The van der Waals surface area contributed by atoms with Crippen LogP contribution in [-0.4, -0.2) is 31.0 Å². The number of benzene rings is 2. The van der Waals surface area contributed by atoms with Crippen molar-refractivity contribution in [2.24, 2.45) is 0 Å². The summed E-state index contributed by atoms with van der Waals surface area (Å²) in [5.41, 5.74) is -0.514. The summed E-state index contributed by atoms with van der Waals surface area (Å²) in [5.74, 6) is -0.598. The third kappa shape index (κ3) is 3.71. The zero-order valence-corrected chi connectivity index (χ0v) is 15.3. The second-order valence-electron chi connectivity index (χ2n) is 6.88. The molecule has 1 heterocycles. The lowest BCUT2D eigenvalue weighted by Gasteiger charge is -2.14. The Morgan fingerprint density at radius 3 is 1.89 bits per heavy atom. The Balaban J connectivity index is 2.13. The summed E-state index contributed by atoms with van der Waals surface area (Å²) in [5, 5.41) is 20.6. The molecule has 0 aliphatic heterocycles. The Bertz CT molecular complexity index is 996. The average Bonchev–Trinajstić information content (AvgIpc) is 2.90. The number of para-hydroxylation sites is 2. The summed E-state index contributed by atoms with van der Waals surface area (Å²) in [4.78, 5) is 25.1. The van der Waals surface area contributed by atoms with Crippen LogP contribution in [0, 0.1) is 0 Å². The van der Waals surface area contributed by atoms with E-state index in [0.29, 0.717) is 11.4 Å². The van der Waals surface area contributed by atoms with Crippen LogP contribution in [0.25, 0.3) is 11.4 Å². The molecule has 27 heavy (non-hydrogen) atoms. The number of aromatic nitrogens is 2. The van der Waals surface area contributed by atoms with E-state index in [2.05, 4.69) is 0 Å². The molecule has 0 amide bonds. The lowest BCUT2D eigenvalue weighted by molar-refractivity contribution is -0.134. The second kappa shape index (κ2) is 7.25. The van der Waals surface area contributed by atoms with Gasteiger partial charge in [0.1, 0.15) is 5.60 Å². The molecular weight excluding hydrogens is 344 g/mol. The zero-order valence-electron chi connectivity index (χ0n) is 15.3. The van der Waals surface area contributed by atoms with Crippen molar-refractivity contribution < 1.29 is 15.0 Å². The van der Waals surface area contributed by atoms with Crippen LogP contribution >= 0.6 is 0 Å². The van der Waals surface area contributed by atoms with Gasteiger partial charge in [-0.25, -0.2) is 9.36 Å². The normalized spacial score (nSPS) is 11.5. The van der Waals surface area contributed by atoms with Crippen LogP contribution in [0.15, 0.2) is 65.5 Å². The molecule has 6 nitrogen and oxygen atoms in total. The lowest BCUT2D eigenvalue weighted by atomic mass is 9.98. The molecule has 0 atom stereocenters. The van der Waals surface area contributed by atoms with Crippen molar-refractivity contribution in [2.75, 3.05) is 0 Å². The lowest BCUT2D eigenvalue weighted by Crippen LogP contribution is -2.31. The zero-order chi connectivity index (χ0) is 19.6. The Morgan fingerprint density at radius 1 is 0.926 bits per heavy atom. The van der Waals surface area contributed by atoms with Crippen molar-refractivity contribution in [1.29, 1.82) is 0 Å². The van der Waals surface area contributed by atoms with Gasteiger partial charge in [-0.05, 0) is 44.5 Å². The quantitative estimate of drug-likeness (QED) is 0.702. The average molecular weight is 366 g/mol. The fourth-order valence-electron chi connectivity index (χ4n) is 2.91. The second-order valence-corrected chi connectivity index (χ2v) is 6.88. The minimum atomic E-state index is -1.48. The molecule has 0 aliphatic rings. The first kappa shape index (κ1) is 18.7. The predicted octanol–water partition coefficient (Wildman–Crippen LogP) is 2.61. The Morgan fingerprint density at radius 2 is 1.41 bits per heavy atom. The third-order valence-electron chi connectivity index (χ3n) is 4.41. The number of Topliss-reactive ketones (excluding diaryl/α,β-unsaturated/α-hetero) is 1. The van der Waals surface area contributed by atoms with Gasteiger partial charge in [0, 0.05) is 6.42 Å². The van der Waals surface area contributed by atoms with E-state index < -0.39 is 11.2 Å². The molecule has 140 valence electrons. The first-order chi connectivity index (χ1) is 12.8. The van der Waals surface area contributed by atoms with Crippen LogP contribution in [0.2, 0.25) is 0 Å². The first-order valence-corrected chi connectivity index (χ1v) is 8.73. The van der Waals surface area contributed by atoms with Gasteiger partial charge in [-0.1, -0.05) is 36.4 Å². The van der Waals surface area contributed by atoms with E-state index in [1.165, 1.54) is 23.2 Å². The number of carbonyl (C=O) groups excluding carboxylic acids is 1. The van der Waals surface area contributed by atoms with Gasteiger partial charge >= 0.3 is 0 Å². The molecule has 0 saturated heterocycles. The molecule has 2 N–H and O–H groups in total. The van der Waals surface area contributed by atoms with E-state index >= 15 is 0 Å². The third-order valence-corrected chi connectivity index (χ3v) is 4.41. The molecule has 2 aromatic carbocycles. The van der Waals surface area contributed by atoms with E-state index in [0.717, 1.165) is 0 Å². The number of nitrogens with zero attached hydrogens (tertiary/aromatic N) is 2. The summed E-state index contributed by atoms with van der Waals surface area (Å²) in [6.45, 7) is 2.82. The van der Waals surface area contributed by atoms with Crippen molar-refractivity contribution in [3.8, 4) is 17.3 Å². The molecule has 3 rings (SSSR count). The van der Waals surface area contributed by atoms with Crippen LogP contribution in [-0.2, 0) is 11.2 Å². The van der Waals surface area contributed by atoms with Gasteiger partial charge in [-0.3, -0.25) is 9.59 Å². The number of aliphatic hydroxyl groups is 1. The molecule has 0 aliphatic carbocycles. The number of ketones is 1. The molecule has 1 aromatic heterocycles. The smallest absolute Gasteiger partial charge is 0.278 e. The number of hydrogen-bond donors (Lipinski definition) is 2. The fourth-order valence-corrected chi connectivity index (χ4v) is 2.91. The maximum absolute atomic E-state index is 13.1. The van der Waals surface area contributed by atoms with Gasteiger partial charge in [0.25, 0.3) is 5.56 Å². The van der Waals surface area contributed by atoms with E-state index in [-0.39, 0.29) is 30.1 Å². The number of aromatic hydroxyl groups is 1. The monoisotopic (exact) mass is 366 g/mol. The number of rotatable bonds is 6. The maximum atomic E-state index is 13.1. The van der Waals surface area contributed by atoms with Gasteiger partial charge in [-0.2, -0.15) is 0 Å². The maximum Gasteiger partial charge on any atom is 0.278 e. The molecule has 0 saturated carbocycles. The number of hydrogen-bond acceptors (Lipinski definition) is 4.